The van der Waals surface area contributed by atoms with Crippen molar-refractivity contribution in [3.05, 3.63) is 29.3 Å². The Morgan fingerprint density at radius 3 is 2.73 bits per heavy atom. The molecule has 0 radical (unpaired) electrons. The quantitative estimate of drug-likeness (QED) is 0.778. The van der Waals surface area contributed by atoms with Crippen molar-refractivity contribution in [2.45, 2.75) is 23.5 Å². The molecule has 1 aliphatic heterocycles. The molecule has 15 heavy (non-hydrogen) atoms. The molecule has 4 nitrogen and oxygen atoms in total. The van der Waals surface area contributed by atoms with Crippen LogP contribution in [0.4, 0.5) is 0 Å². The fourth-order valence-electron chi connectivity index (χ4n) is 1.87. The van der Waals surface area contributed by atoms with Gasteiger partial charge in [-0.05, 0) is 25.0 Å². The first-order valence-electron chi connectivity index (χ1n) is 4.53. The van der Waals surface area contributed by atoms with Crippen molar-refractivity contribution >= 4 is 15.8 Å². The Hall–Kier alpha value is -1.36. The van der Waals surface area contributed by atoms with Gasteiger partial charge in [-0.25, -0.2) is 13.2 Å². The van der Waals surface area contributed by atoms with Crippen molar-refractivity contribution < 1.29 is 18.3 Å². The second kappa shape index (κ2) is 3.06. The maximum absolute atomic E-state index is 11.8. The predicted molar refractivity (Wildman–Crippen MR) is 53.8 cm³/mol. The molecule has 0 fully saturated rings. The van der Waals surface area contributed by atoms with Crippen LogP contribution in [0, 0.1) is 0 Å². The van der Waals surface area contributed by atoms with Gasteiger partial charge in [0.1, 0.15) is 0 Å². The predicted octanol–water partition coefficient (Wildman–Crippen LogP) is 1.10. The van der Waals surface area contributed by atoms with Gasteiger partial charge in [-0.2, -0.15) is 0 Å². The second-order valence-electron chi connectivity index (χ2n) is 3.66. The van der Waals surface area contributed by atoms with Gasteiger partial charge in [-0.15, -0.1) is 0 Å². The van der Waals surface area contributed by atoms with E-state index in [1.807, 2.05) is 0 Å². The van der Waals surface area contributed by atoms with Crippen molar-refractivity contribution in [3.8, 4) is 0 Å². The van der Waals surface area contributed by atoms with E-state index in [-0.39, 0.29) is 10.5 Å². The van der Waals surface area contributed by atoms with E-state index in [1.54, 1.807) is 19.1 Å². The molecule has 0 aliphatic carbocycles. The lowest BCUT2D eigenvalue weighted by Crippen LogP contribution is -2.14. The minimum atomic E-state index is -3.44. The third kappa shape index (κ3) is 1.34. The largest absolute Gasteiger partial charge is 0.478 e. The number of carboxylic acids is 1. The van der Waals surface area contributed by atoms with Gasteiger partial charge in [0.25, 0.3) is 0 Å². The molecule has 1 aliphatic rings. The van der Waals surface area contributed by atoms with Crippen LogP contribution in [0.3, 0.4) is 0 Å². The molecule has 1 atom stereocenters. The third-order valence-electron chi connectivity index (χ3n) is 2.65. The van der Waals surface area contributed by atoms with Crippen molar-refractivity contribution in [3.63, 3.8) is 0 Å². The monoisotopic (exact) mass is 226 g/mol. The average Bonchev–Trinajstić information content (AvgIpc) is 2.38. The molecule has 1 unspecified atom stereocenters. The lowest BCUT2D eigenvalue weighted by atomic mass is 10.1. The van der Waals surface area contributed by atoms with Crippen LogP contribution < -0.4 is 0 Å². The standard InChI is InChI=1S/C10H10O4S/c1-6-5-7-3-2-4-8(10(11)12)9(7)15(6,13)14/h2-4,6H,5H2,1H3,(H,11,12). The van der Waals surface area contributed by atoms with Crippen LogP contribution in [0.2, 0.25) is 0 Å². The van der Waals surface area contributed by atoms with E-state index < -0.39 is 21.1 Å². The minimum absolute atomic E-state index is 0.00463. The first-order valence-corrected chi connectivity index (χ1v) is 6.08. The highest BCUT2D eigenvalue weighted by Gasteiger charge is 2.37. The van der Waals surface area contributed by atoms with E-state index in [0.29, 0.717) is 12.0 Å². The summed E-state index contributed by atoms with van der Waals surface area (Å²) < 4.78 is 23.7. The first kappa shape index (κ1) is 10.2. The van der Waals surface area contributed by atoms with E-state index in [0.717, 1.165) is 0 Å². The molecule has 0 saturated heterocycles. The summed E-state index contributed by atoms with van der Waals surface area (Å²) >= 11 is 0. The van der Waals surface area contributed by atoms with Crippen molar-refractivity contribution in [1.82, 2.24) is 0 Å². The van der Waals surface area contributed by atoms with Crippen LogP contribution in [0.5, 0.6) is 0 Å². The van der Waals surface area contributed by atoms with Gasteiger partial charge in [0.15, 0.2) is 9.84 Å². The number of hydrogen-bond acceptors (Lipinski definition) is 3. The molecule has 0 bridgehead atoms. The summed E-state index contributed by atoms with van der Waals surface area (Å²) in [6, 6.07) is 4.58. The molecular weight excluding hydrogens is 216 g/mol. The average molecular weight is 226 g/mol. The Morgan fingerprint density at radius 1 is 1.47 bits per heavy atom. The molecule has 2 rings (SSSR count). The van der Waals surface area contributed by atoms with Crippen LogP contribution in [-0.2, 0) is 16.3 Å². The van der Waals surface area contributed by atoms with Crippen molar-refractivity contribution in [1.29, 1.82) is 0 Å². The van der Waals surface area contributed by atoms with Gasteiger partial charge in [-0.1, -0.05) is 12.1 Å². The minimum Gasteiger partial charge on any atom is -0.478 e. The van der Waals surface area contributed by atoms with E-state index >= 15 is 0 Å². The number of carbonyl (C=O) groups is 1. The zero-order valence-electron chi connectivity index (χ0n) is 8.10. The lowest BCUT2D eigenvalue weighted by molar-refractivity contribution is 0.0692. The van der Waals surface area contributed by atoms with Crippen LogP contribution >= 0.6 is 0 Å². The Kier molecular flexibility index (Phi) is 2.08. The zero-order valence-corrected chi connectivity index (χ0v) is 8.91. The Bertz CT molecular complexity index is 530. The zero-order chi connectivity index (χ0) is 11.2. The van der Waals surface area contributed by atoms with Crippen LogP contribution in [0.25, 0.3) is 0 Å². The number of benzene rings is 1. The number of carboxylic acid groups (broad SMARTS) is 1. The second-order valence-corrected chi connectivity index (χ2v) is 5.96. The van der Waals surface area contributed by atoms with Crippen molar-refractivity contribution in [2.75, 3.05) is 0 Å². The van der Waals surface area contributed by atoms with Gasteiger partial charge >= 0.3 is 5.97 Å². The number of fused-ring (bicyclic) bond motifs is 1. The van der Waals surface area contributed by atoms with Crippen LogP contribution in [0.15, 0.2) is 23.1 Å². The number of sulfone groups is 1. The highest BCUT2D eigenvalue weighted by atomic mass is 32.2. The highest BCUT2D eigenvalue weighted by Crippen LogP contribution is 2.33. The molecule has 0 spiro atoms. The van der Waals surface area contributed by atoms with Gasteiger partial charge in [0.2, 0.25) is 0 Å². The van der Waals surface area contributed by atoms with E-state index in [9.17, 15) is 13.2 Å². The molecular formula is C10H10O4S. The van der Waals surface area contributed by atoms with Gasteiger partial charge < -0.3 is 5.11 Å². The summed E-state index contributed by atoms with van der Waals surface area (Å²) in [4.78, 5) is 10.9. The van der Waals surface area contributed by atoms with Crippen LogP contribution in [0.1, 0.15) is 22.8 Å². The third-order valence-corrected chi connectivity index (χ3v) is 4.93. The summed E-state index contributed by atoms with van der Waals surface area (Å²) in [7, 11) is -3.44. The van der Waals surface area contributed by atoms with E-state index in [1.165, 1.54) is 6.07 Å². The molecule has 1 aromatic carbocycles. The Balaban J connectivity index is 2.79. The smallest absolute Gasteiger partial charge is 0.337 e. The molecule has 0 amide bonds. The van der Waals surface area contributed by atoms with Gasteiger partial charge in [-0.3, -0.25) is 0 Å². The van der Waals surface area contributed by atoms with Crippen LogP contribution in [-0.4, -0.2) is 24.7 Å². The fraction of sp³-hybridized carbons (Fsp3) is 0.300. The Morgan fingerprint density at radius 2 is 2.13 bits per heavy atom. The molecule has 5 heteroatoms. The summed E-state index contributed by atoms with van der Waals surface area (Å²) in [6.45, 7) is 1.60. The maximum Gasteiger partial charge on any atom is 0.337 e. The number of hydrogen-bond donors (Lipinski definition) is 1. The molecule has 0 saturated carbocycles. The molecule has 80 valence electrons. The molecule has 1 aromatic rings. The molecule has 1 heterocycles. The lowest BCUT2D eigenvalue weighted by Gasteiger charge is -2.04. The summed E-state index contributed by atoms with van der Waals surface area (Å²) in [5, 5.41) is 8.38. The maximum atomic E-state index is 11.8. The van der Waals surface area contributed by atoms with Crippen molar-refractivity contribution in [2.24, 2.45) is 0 Å². The SMILES string of the molecule is CC1Cc2cccc(C(=O)O)c2S1(=O)=O. The highest BCUT2D eigenvalue weighted by molar-refractivity contribution is 7.92. The fourth-order valence-corrected chi connectivity index (χ4v) is 3.65. The molecule has 1 N–H and O–H groups in total. The normalized spacial score (nSPS) is 22.3. The van der Waals surface area contributed by atoms with Gasteiger partial charge in [0.05, 0.1) is 15.7 Å². The van der Waals surface area contributed by atoms with Gasteiger partial charge in [0, 0.05) is 0 Å². The number of rotatable bonds is 1. The number of aromatic carboxylic acids is 1. The summed E-state index contributed by atoms with van der Waals surface area (Å²) in [5.74, 6) is -1.19. The molecule has 0 aromatic heterocycles. The topological polar surface area (TPSA) is 71.4 Å². The summed E-state index contributed by atoms with van der Waals surface area (Å²) in [5.41, 5.74) is 0.499. The summed E-state index contributed by atoms with van der Waals surface area (Å²) in [6.07, 6.45) is 0.402. The van der Waals surface area contributed by atoms with E-state index in [4.69, 9.17) is 5.11 Å². The Labute approximate surface area is 87.5 Å². The first-order chi connectivity index (χ1) is 6.94. The van der Waals surface area contributed by atoms with E-state index in [2.05, 4.69) is 0 Å².